The highest BCUT2D eigenvalue weighted by atomic mass is 35.5. The fraction of sp³-hybridized carbons (Fsp3) is 0.194. The van der Waals surface area contributed by atoms with Crippen molar-refractivity contribution in [2.45, 2.75) is 44.3 Å². The lowest BCUT2D eigenvalue weighted by molar-refractivity contribution is -0.113. The van der Waals surface area contributed by atoms with E-state index in [0.29, 0.717) is 63.6 Å². The molecule has 1 amide bonds. The minimum atomic E-state index is -0.590. The first-order valence-electron chi connectivity index (χ1n) is 15.0. The van der Waals surface area contributed by atoms with E-state index in [1.54, 1.807) is 4.68 Å². The molecule has 1 aliphatic heterocycles. The Kier molecular flexibility index (Phi) is 9.61. The zero-order chi connectivity index (χ0) is 32.0. The number of anilines is 2. The van der Waals surface area contributed by atoms with Gasteiger partial charge in [0.25, 0.3) is 5.91 Å². The number of hydrogen-bond acceptors (Lipinski definition) is 7. The van der Waals surface area contributed by atoms with Gasteiger partial charge in [-0.1, -0.05) is 95.7 Å². The van der Waals surface area contributed by atoms with Crippen molar-refractivity contribution in [1.82, 2.24) is 14.8 Å². The number of amides is 1. The number of halogens is 1. The Balaban J connectivity index is 1.35. The molecule has 0 saturated heterocycles. The van der Waals surface area contributed by atoms with Crippen LogP contribution in [0.4, 0.5) is 11.6 Å². The first-order chi connectivity index (χ1) is 22.4. The molecule has 234 valence electrons. The van der Waals surface area contributed by atoms with E-state index >= 15 is 0 Å². The Labute approximate surface area is 277 Å². The summed E-state index contributed by atoms with van der Waals surface area (Å²) >= 11 is 7.89. The van der Waals surface area contributed by atoms with Crippen LogP contribution in [0.1, 0.15) is 42.1 Å². The average molecular weight is 652 g/mol. The summed E-state index contributed by atoms with van der Waals surface area (Å²) < 4.78 is 14.0. The fourth-order valence-electron chi connectivity index (χ4n) is 5.20. The molecule has 1 atom stereocenters. The van der Waals surface area contributed by atoms with Crippen molar-refractivity contribution in [3.05, 3.63) is 136 Å². The van der Waals surface area contributed by atoms with Crippen molar-refractivity contribution >= 4 is 40.9 Å². The van der Waals surface area contributed by atoms with E-state index in [1.807, 2.05) is 86.6 Å². The molecular weight excluding hydrogens is 618 g/mol. The number of nitrogens with zero attached hydrogens (tertiary/aromatic N) is 3. The predicted octanol–water partition coefficient (Wildman–Crippen LogP) is 8.44. The monoisotopic (exact) mass is 651 g/mol. The molecular formula is C36H34ClN5O3S. The summed E-state index contributed by atoms with van der Waals surface area (Å²) in [5, 5.41) is 12.5. The summed E-state index contributed by atoms with van der Waals surface area (Å²) in [4.78, 5) is 18.7. The van der Waals surface area contributed by atoms with Crippen LogP contribution in [-0.4, -0.2) is 27.3 Å². The molecule has 0 saturated carbocycles. The molecule has 4 aromatic carbocycles. The summed E-state index contributed by atoms with van der Waals surface area (Å²) in [5.74, 6) is 2.10. The number of hydrogen-bond donors (Lipinski definition) is 2. The van der Waals surface area contributed by atoms with Gasteiger partial charge in [0.15, 0.2) is 11.5 Å². The first-order valence-corrected chi connectivity index (χ1v) is 16.4. The molecule has 1 aliphatic rings. The molecule has 10 heteroatoms. The van der Waals surface area contributed by atoms with Gasteiger partial charge in [-0.05, 0) is 67.8 Å². The van der Waals surface area contributed by atoms with Crippen molar-refractivity contribution in [1.29, 1.82) is 0 Å². The quantitative estimate of drug-likeness (QED) is 0.139. The smallest absolute Gasteiger partial charge is 0.255 e. The van der Waals surface area contributed by atoms with E-state index in [0.717, 1.165) is 16.7 Å². The van der Waals surface area contributed by atoms with Crippen LogP contribution in [0.25, 0.3) is 0 Å². The van der Waals surface area contributed by atoms with Crippen LogP contribution < -0.4 is 20.1 Å². The number of nitrogens with one attached hydrogen (secondary N) is 2. The second kappa shape index (κ2) is 14.1. The number of rotatable bonds is 11. The van der Waals surface area contributed by atoms with Crippen molar-refractivity contribution in [3.63, 3.8) is 0 Å². The molecule has 1 unspecified atom stereocenters. The molecule has 5 aromatic rings. The summed E-state index contributed by atoms with van der Waals surface area (Å²) in [6.45, 7) is 6.72. The van der Waals surface area contributed by atoms with Gasteiger partial charge in [0.05, 0.1) is 12.2 Å². The van der Waals surface area contributed by atoms with Crippen LogP contribution in [0, 0.1) is 6.92 Å². The number of allylic oxidation sites excluding steroid dienone is 1. The minimum Gasteiger partial charge on any atom is -0.490 e. The van der Waals surface area contributed by atoms with Crippen LogP contribution in [0.3, 0.4) is 0 Å². The molecule has 46 heavy (non-hydrogen) atoms. The van der Waals surface area contributed by atoms with Crippen molar-refractivity contribution < 1.29 is 14.3 Å². The molecule has 6 rings (SSSR count). The van der Waals surface area contributed by atoms with Gasteiger partial charge in [-0.15, -0.1) is 5.10 Å². The molecule has 0 bridgehead atoms. The van der Waals surface area contributed by atoms with E-state index in [9.17, 15) is 4.79 Å². The van der Waals surface area contributed by atoms with E-state index < -0.39 is 6.04 Å². The van der Waals surface area contributed by atoms with Crippen LogP contribution in [-0.2, 0) is 17.2 Å². The molecule has 0 spiro atoms. The zero-order valence-electron chi connectivity index (χ0n) is 25.8. The van der Waals surface area contributed by atoms with E-state index in [1.165, 1.54) is 17.3 Å². The van der Waals surface area contributed by atoms with Gasteiger partial charge in [0.1, 0.15) is 12.6 Å². The molecule has 0 radical (unpaired) electrons. The van der Waals surface area contributed by atoms with Gasteiger partial charge in [-0.25, -0.2) is 4.68 Å². The van der Waals surface area contributed by atoms with E-state index in [-0.39, 0.29) is 5.91 Å². The Morgan fingerprint density at radius 1 is 0.957 bits per heavy atom. The molecule has 0 aliphatic carbocycles. The topological polar surface area (TPSA) is 90.3 Å². The summed E-state index contributed by atoms with van der Waals surface area (Å²) in [6, 6.07) is 30.5. The number of fused-ring (bicyclic) bond motifs is 1. The number of para-hydroxylation sites is 1. The standard InChI is InChI=1S/C36H34ClN5O3S/c1-4-44-31-20-26(18-19-30(31)45-21-25-16-14-23(2)15-17-25)33-32(34(43)39-28-11-6-5-7-12-28)24(3)38-35-40-36(41-42(33)35)46-22-27-10-8-9-13-29(27)37/h5-20,33H,4,21-22H2,1-3H3,(H,39,43)(H,38,40,41). The second-order valence-electron chi connectivity index (χ2n) is 10.8. The average Bonchev–Trinajstić information content (AvgIpc) is 3.46. The van der Waals surface area contributed by atoms with Crippen LogP contribution in [0.5, 0.6) is 11.5 Å². The number of ether oxygens (including phenoxy) is 2. The number of benzene rings is 4. The van der Waals surface area contributed by atoms with Gasteiger partial charge in [-0.2, -0.15) is 4.98 Å². The highest BCUT2D eigenvalue weighted by molar-refractivity contribution is 7.98. The third-order valence-corrected chi connectivity index (χ3v) is 8.78. The SMILES string of the molecule is CCOc1cc(C2C(C(=O)Nc3ccccc3)=C(C)Nc3nc(SCc4ccccc4Cl)nn32)ccc1OCc1ccc(C)cc1. The highest BCUT2D eigenvalue weighted by Crippen LogP contribution is 2.40. The van der Waals surface area contributed by atoms with Gasteiger partial charge < -0.3 is 20.1 Å². The number of thioether (sulfide) groups is 1. The summed E-state index contributed by atoms with van der Waals surface area (Å²) in [5.41, 5.74) is 5.94. The lowest BCUT2D eigenvalue weighted by Gasteiger charge is -2.29. The number of carbonyl (C=O) groups excluding carboxylic acids is 1. The van der Waals surface area contributed by atoms with Crippen molar-refractivity contribution in [3.8, 4) is 11.5 Å². The van der Waals surface area contributed by atoms with Gasteiger partial charge in [-0.3, -0.25) is 4.79 Å². The lowest BCUT2D eigenvalue weighted by Crippen LogP contribution is -2.31. The van der Waals surface area contributed by atoms with Gasteiger partial charge >= 0.3 is 0 Å². The maximum atomic E-state index is 13.9. The van der Waals surface area contributed by atoms with Crippen LogP contribution in [0.15, 0.2) is 113 Å². The fourth-order valence-corrected chi connectivity index (χ4v) is 6.32. The Morgan fingerprint density at radius 3 is 2.48 bits per heavy atom. The van der Waals surface area contributed by atoms with Crippen LogP contribution in [0.2, 0.25) is 5.02 Å². The zero-order valence-corrected chi connectivity index (χ0v) is 27.4. The third kappa shape index (κ3) is 7.06. The number of aromatic nitrogens is 3. The maximum absolute atomic E-state index is 13.9. The third-order valence-electron chi connectivity index (χ3n) is 7.52. The number of carbonyl (C=O) groups is 1. The lowest BCUT2D eigenvalue weighted by atomic mass is 9.94. The maximum Gasteiger partial charge on any atom is 0.255 e. The highest BCUT2D eigenvalue weighted by Gasteiger charge is 2.35. The van der Waals surface area contributed by atoms with Crippen molar-refractivity contribution in [2.75, 3.05) is 17.2 Å². The van der Waals surface area contributed by atoms with Crippen molar-refractivity contribution in [2.24, 2.45) is 0 Å². The Hall–Kier alpha value is -4.73. The first kappa shape index (κ1) is 31.3. The molecule has 0 fully saturated rings. The van der Waals surface area contributed by atoms with E-state index in [4.69, 9.17) is 31.2 Å². The second-order valence-corrected chi connectivity index (χ2v) is 12.2. The van der Waals surface area contributed by atoms with Gasteiger partial charge in [0, 0.05) is 22.2 Å². The Morgan fingerprint density at radius 2 is 1.72 bits per heavy atom. The largest absolute Gasteiger partial charge is 0.490 e. The molecule has 2 N–H and O–H groups in total. The molecule has 1 aromatic heterocycles. The molecule has 2 heterocycles. The van der Waals surface area contributed by atoms with Gasteiger partial charge in [0.2, 0.25) is 11.1 Å². The predicted molar refractivity (Wildman–Crippen MR) is 184 cm³/mol. The molecule has 8 nitrogen and oxygen atoms in total. The minimum absolute atomic E-state index is 0.245. The normalized spacial score (nSPS) is 14.0. The summed E-state index contributed by atoms with van der Waals surface area (Å²) in [7, 11) is 0. The summed E-state index contributed by atoms with van der Waals surface area (Å²) in [6.07, 6.45) is 0. The van der Waals surface area contributed by atoms with Crippen LogP contribution >= 0.6 is 23.4 Å². The number of aryl methyl sites for hydroxylation is 1. The van der Waals surface area contributed by atoms with E-state index in [2.05, 4.69) is 41.8 Å². The Bertz CT molecular complexity index is 1870.